The van der Waals surface area contributed by atoms with E-state index in [0.29, 0.717) is 19.4 Å². The van der Waals surface area contributed by atoms with E-state index in [0.717, 1.165) is 30.4 Å². The molecule has 7 rings (SSSR count). The number of nitriles is 1. The first-order valence-corrected chi connectivity index (χ1v) is 16.9. The fraction of sp³-hybridized carbons (Fsp3) is 0.441. The molecule has 0 aliphatic carbocycles. The number of anilines is 2. The van der Waals surface area contributed by atoms with Crippen molar-refractivity contribution in [1.29, 1.82) is 5.26 Å². The van der Waals surface area contributed by atoms with Gasteiger partial charge in [-0.15, -0.1) is 11.3 Å². The molecular weight excluding hydrogens is 679 g/mol. The lowest BCUT2D eigenvalue weighted by Gasteiger charge is -2.31. The zero-order valence-electron chi connectivity index (χ0n) is 27.2. The Kier molecular flexibility index (Phi) is 8.33. The summed E-state index contributed by atoms with van der Waals surface area (Å²) in [5.74, 6) is -0.959. The van der Waals surface area contributed by atoms with Crippen LogP contribution in [-0.4, -0.2) is 87.7 Å². The Hall–Kier alpha value is -4.62. The summed E-state index contributed by atoms with van der Waals surface area (Å²) in [5.41, 5.74) is 3.32. The molecule has 3 aliphatic rings. The molecule has 3 fully saturated rings. The number of halogens is 5. The number of carbonyl (C=O) groups is 1. The number of fused-ring (bicyclic) bond motifs is 3. The minimum absolute atomic E-state index is 0.000304. The van der Waals surface area contributed by atoms with E-state index >= 15 is 0 Å². The largest absolute Gasteiger partial charge is 0.461 e. The Morgan fingerprint density at radius 2 is 2.06 bits per heavy atom. The van der Waals surface area contributed by atoms with Gasteiger partial charge in [-0.05, 0) is 56.5 Å². The van der Waals surface area contributed by atoms with Crippen LogP contribution in [0.4, 0.5) is 32.8 Å². The van der Waals surface area contributed by atoms with Gasteiger partial charge in [0.05, 0.1) is 21.3 Å². The zero-order valence-corrected chi connectivity index (χ0v) is 28.0. The van der Waals surface area contributed by atoms with Crippen LogP contribution in [-0.2, 0) is 11.0 Å². The smallest absolute Gasteiger partial charge is 0.433 e. The number of likely N-dealkylation sites (N-methyl/N-ethyl adjacent to an activating group) is 1. The highest BCUT2D eigenvalue weighted by molar-refractivity contribution is 7.23. The molecule has 0 spiro atoms. The third-order valence-corrected chi connectivity index (χ3v) is 11.3. The molecule has 1 aromatic carbocycles. The molecule has 3 saturated heterocycles. The Bertz CT molecular complexity index is 2080. The van der Waals surface area contributed by atoms with Gasteiger partial charge < -0.3 is 20.3 Å². The molecule has 3 aliphatic heterocycles. The molecule has 2 N–H and O–H groups in total. The van der Waals surface area contributed by atoms with Gasteiger partial charge in [-0.1, -0.05) is 12.6 Å². The van der Waals surface area contributed by atoms with E-state index in [9.17, 15) is 32.0 Å². The van der Waals surface area contributed by atoms with Crippen LogP contribution in [0.5, 0.6) is 6.01 Å². The number of likely N-dealkylation sites (tertiary alicyclic amines) is 1. The van der Waals surface area contributed by atoms with Gasteiger partial charge in [0.2, 0.25) is 5.91 Å². The second-order valence-electron chi connectivity index (χ2n) is 13.2. The van der Waals surface area contributed by atoms with Gasteiger partial charge >= 0.3 is 12.2 Å². The number of thiophene rings is 1. The molecule has 262 valence electrons. The van der Waals surface area contributed by atoms with Crippen LogP contribution in [0.3, 0.4) is 0 Å². The van der Waals surface area contributed by atoms with Crippen LogP contribution in [0.15, 0.2) is 30.9 Å². The Labute approximate surface area is 287 Å². The summed E-state index contributed by atoms with van der Waals surface area (Å²) in [5, 5.41) is 9.75. The third kappa shape index (κ3) is 5.56. The number of benzene rings is 1. The van der Waals surface area contributed by atoms with Gasteiger partial charge in [0.1, 0.15) is 35.2 Å². The highest BCUT2D eigenvalue weighted by Gasteiger charge is 2.49. The molecular formula is C34H33F5N8O2S. The molecule has 4 aromatic rings. The lowest BCUT2D eigenvalue weighted by atomic mass is 9.95. The number of nitrogens with zero attached hydrogens (tertiary/aromatic N) is 7. The first-order chi connectivity index (χ1) is 23.7. The quantitative estimate of drug-likeness (QED) is 0.179. The van der Waals surface area contributed by atoms with E-state index in [1.165, 1.54) is 18.2 Å². The van der Waals surface area contributed by atoms with Crippen LogP contribution in [0.1, 0.15) is 43.9 Å². The topological polar surface area (TPSA) is 125 Å². The second-order valence-corrected chi connectivity index (χ2v) is 14.3. The van der Waals surface area contributed by atoms with Crippen molar-refractivity contribution in [2.45, 2.75) is 62.6 Å². The molecule has 50 heavy (non-hydrogen) atoms. The van der Waals surface area contributed by atoms with Gasteiger partial charge in [-0.2, -0.15) is 28.4 Å². The summed E-state index contributed by atoms with van der Waals surface area (Å²) in [7, 11) is 1.66. The van der Waals surface area contributed by atoms with Crippen LogP contribution in [0.2, 0.25) is 0 Å². The number of amides is 1. The van der Waals surface area contributed by atoms with E-state index in [1.807, 2.05) is 13.0 Å². The van der Waals surface area contributed by atoms with Crippen LogP contribution < -0.4 is 15.4 Å². The lowest BCUT2D eigenvalue weighted by molar-refractivity contribution is -0.140. The summed E-state index contributed by atoms with van der Waals surface area (Å²) in [6.07, 6.45) is -2.42. The van der Waals surface area contributed by atoms with Crippen LogP contribution >= 0.6 is 11.3 Å². The van der Waals surface area contributed by atoms with E-state index in [1.54, 1.807) is 16.8 Å². The molecule has 0 saturated carbocycles. The molecule has 6 heterocycles. The number of carbonyl (C=O) groups excluding carboxylic acids is 1. The van der Waals surface area contributed by atoms with Crippen molar-refractivity contribution in [3.63, 3.8) is 0 Å². The number of alkyl halides is 4. The van der Waals surface area contributed by atoms with Crippen molar-refractivity contribution in [3.8, 4) is 23.2 Å². The summed E-state index contributed by atoms with van der Waals surface area (Å²) < 4.78 is 80.3. The van der Waals surface area contributed by atoms with E-state index in [2.05, 4.69) is 26.4 Å². The second kappa shape index (κ2) is 12.3. The average Bonchev–Trinajstić information content (AvgIpc) is 3.82. The van der Waals surface area contributed by atoms with E-state index < -0.39 is 35.0 Å². The van der Waals surface area contributed by atoms with Crippen LogP contribution in [0.25, 0.3) is 32.2 Å². The lowest BCUT2D eigenvalue weighted by Crippen LogP contribution is -2.43. The maximum absolute atomic E-state index is 14.9. The molecule has 10 nitrogen and oxygen atoms in total. The number of ether oxygens (including phenoxy) is 1. The number of hydrogen-bond acceptors (Lipinski definition) is 10. The molecule has 1 amide bonds. The SMILES string of the molecule is C=CC(=O)N1CC(N(C)c2nc(OCC34CCCN3CC(F)C4)nc3cc(-c4ccc(F)c5sc(N)c(C#N)c45)c(C(F)(F)F)nc23)CC1C. The number of nitrogens with two attached hydrogens (primary N) is 1. The third-order valence-electron chi connectivity index (χ3n) is 10.2. The molecule has 0 radical (unpaired) electrons. The molecule has 3 aromatic heterocycles. The van der Waals surface area contributed by atoms with Crippen molar-refractivity contribution in [1.82, 2.24) is 24.8 Å². The maximum atomic E-state index is 14.9. The first kappa shape index (κ1) is 33.9. The summed E-state index contributed by atoms with van der Waals surface area (Å²) in [6, 6.07) is 4.61. The monoisotopic (exact) mass is 712 g/mol. The number of rotatable bonds is 7. The van der Waals surface area contributed by atoms with Crippen molar-refractivity contribution < 1.29 is 31.5 Å². The van der Waals surface area contributed by atoms with E-state index in [-0.39, 0.29) is 86.6 Å². The molecule has 16 heteroatoms. The van der Waals surface area contributed by atoms with Gasteiger partial charge in [0.25, 0.3) is 0 Å². The molecule has 4 unspecified atom stereocenters. The van der Waals surface area contributed by atoms with Gasteiger partial charge in [-0.3, -0.25) is 9.69 Å². The first-order valence-electron chi connectivity index (χ1n) is 16.1. The van der Waals surface area contributed by atoms with Gasteiger partial charge in [-0.25, -0.2) is 13.8 Å². The predicted octanol–water partition coefficient (Wildman–Crippen LogP) is 6.09. The minimum Gasteiger partial charge on any atom is -0.461 e. The number of pyridine rings is 1. The van der Waals surface area contributed by atoms with Gasteiger partial charge in [0.15, 0.2) is 11.5 Å². The standard InChI is InChI=1S/C34H33F5N8O2S/c1-4-25(48)47-15-19(10-17(47)2)45(3)31-27-24(42-32(44-31)49-16-33-8-5-9-46(33)14-18(35)12-33)11-21(29(43-27)34(37,38)39)20-6-7-23(36)28-26(20)22(13-40)30(41)50-28/h4,6-7,11,17-19H,1,5,8-10,12,14-16,41H2,2-3H3. The van der Waals surface area contributed by atoms with Crippen molar-refractivity contribution in [3.05, 3.63) is 47.9 Å². The molecule has 0 bridgehead atoms. The Balaban J connectivity index is 1.41. The number of aromatic nitrogens is 3. The average molecular weight is 713 g/mol. The molecule has 4 atom stereocenters. The number of hydrogen-bond donors (Lipinski definition) is 1. The minimum atomic E-state index is -4.99. The predicted molar refractivity (Wildman–Crippen MR) is 179 cm³/mol. The summed E-state index contributed by atoms with van der Waals surface area (Å²) in [6.45, 7) is 6.80. The highest BCUT2D eigenvalue weighted by atomic mass is 32.1. The highest BCUT2D eigenvalue weighted by Crippen LogP contribution is 2.46. The Morgan fingerprint density at radius 3 is 2.78 bits per heavy atom. The fourth-order valence-corrected chi connectivity index (χ4v) is 8.76. The Morgan fingerprint density at radius 1 is 1.28 bits per heavy atom. The van der Waals surface area contributed by atoms with Crippen molar-refractivity contribution >= 4 is 49.2 Å². The summed E-state index contributed by atoms with van der Waals surface area (Å²) in [4.78, 5) is 31.1. The normalized spacial score (nSPS) is 23.8. The maximum Gasteiger partial charge on any atom is 0.433 e. The fourth-order valence-electron chi connectivity index (χ4n) is 7.81. The zero-order chi connectivity index (χ0) is 35.7. The summed E-state index contributed by atoms with van der Waals surface area (Å²) >= 11 is 0.770. The van der Waals surface area contributed by atoms with Crippen molar-refractivity contribution in [2.24, 2.45) is 0 Å². The van der Waals surface area contributed by atoms with E-state index in [4.69, 9.17) is 10.5 Å². The van der Waals surface area contributed by atoms with Gasteiger partial charge in [0, 0.05) is 49.6 Å². The van der Waals surface area contributed by atoms with Crippen LogP contribution in [0, 0.1) is 17.1 Å². The van der Waals surface area contributed by atoms with Crippen molar-refractivity contribution in [2.75, 3.05) is 43.9 Å². The number of nitrogen functional groups attached to an aromatic ring is 1.